The molecule has 0 unspecified atom stereocenters. The highest BCUT2D eigenvalue weighted by Gasteiger charge is 2.08. The first-order chi connectivity index (χ1) is 9.78. The summed E-state index contributed by atoms with van der Waals surface area (Å²) >= 11 is 9.04. The lowest BCUT2D eigenvalue weighted by Crippen LogP contribution is -1.94. The molecule has 4 rings (SSSR count). The van der Waals surface area contributed by atoms with Gasteiger partial charge in [0.15, 0.2) is 9.99 Å². The van der Waals surface area contributed by atoms with Gasteiger partial charge in [0.05, 0.1) is 10.2 Å². The van der Waals surface area contributed by atoms with E-state index in [0.717, 1.165) is 19.6 Å². The van der Waals surface area contributed by atoms with E-state index in [1.165, 1.54) is 16.4 Å². The number of aromatic nitrogens is 6. The number of hydrogen-bond acceptors (Lipinski definition) is 7. The number of thiazole rings is 1. The lowest BCUT2D eigenvalue weighted by molar-refractivity contribution is 0.702. The summed E-state index contributed by atoms with van der Waals surface area (Å²) in [6.07, 6.45) is 0. The van der Waals surface area contributed by atoms with Crippen molar-refractivity contribution >= 4 is 50.6 Å². The van der Waals surface area contributed by atoms with E-state index in [-0.39, 0.29) is 0 Å². The molecule has 0 radical (unpaired) electrons. The first-order valence-electron chi connectivity index (χ1n) is 5.57. The third-order valence-corrected chi connectivity index (χ3v) is 4.83. The smallest absolute Gasteiger partial charge is 0.200 e. The van der Waals surface area contributed by atoms with Crippen LogP contribution in [-0.4, -0.2) is 30.2 Å². The highest BCUT2D eigenvalue weighted by atomic mass is 35.5. The minimum Gasteiger partial charge on any atom is -0.229 e. The maximum absolute atomic E-state index is 5.96. The van der Waals surface area contributed by atoms with Crippen molar-refractivity contribution in [1.29, 1.82) is 0 Å². The fraction of sp³-hybridized carbons (Fsp3) is 0. The van der Waals surface area contributed by atoms with Crippen molar-refractivity contribution in [2.24, 2.45) is 0 Å². The van der Waals surface area contributed by atoms with Crippen molar-refractivity contribution in [3.63, 3.8) is 0 Å². The molecule has 0 aliphatic carbocycles. The van der Waals surface area contributed by atoms with Crippen LogP contribution in [-0.2, 0) is 0 Å². The molecule has 6 nitrogen and oxygen atoms in total. The van der Waals surface area contributed by atoms with Crippen LogP contribution in [0.15, 0.2) is 39.7 Å². The number of tetrazole rings is 1. The van der Waals surface area contributed by atoms with Crippen molar-refractivity contribution in [3.8, 4) is 0 Å². The predicted molar refractivity (Wildman–Crippen MR) is 77.3 cm³/mol. The molecule has 0 atom stereocenters. The van der Waals surface area contributed by atoms with Gasteiger partial charge >= 0.3 is 0 Å². The second-order valence-corrected chi connectivity index (χ2v) is 6.63. The third-order valence-electron chi connectivity index (χ3n) is 2.57. The van der Waals surface area contributed by atoms with E-state index in [2.05, 4.69) is 25.6 Å². The molecule has 0 amide bonds. The maximum Gasteiger partial charge on any atom is 0.200 e. The zero-order valence-electron chi connectivity index (χ0n) is 9.76. The average molecular weight is 321 g/mol. The van der Waals surface area contributed by atoms with Crippen LogP contribution >= 0.6 is 34.7 Å². The van der Waals surface area contributed by atoms with E-state index in [9.17, 15) is 0 Å². The molecule has 4 aromatic rings. The van der Waals surface area contributed by atoms with Gasteiger partial charge in [0.25, 0.3) is 0 Å². The molecule has 20 heavy (non-hydrogen) atoms. The zero-order chi connectivity index (χ0) is 13.5. The van der Waals surface area contributed by atoms with E-state index in [4.69, 9.17) is 11.6 Å². The quantitative estimate of drug-likeness (QED) is 0.565. The molecular formula is C11H5ClN6S2. The average Bonchev–Trinajstić information content (AvgIpc) is 3.03. The number of halogens is 1. The van der Waals surface area contributed by atoms with Crippen molar-refractivity contribution in [3.05, 3.63) is 35.4 Å². The molecule has 98 valence electrons. The van der Waals surface area contributed by atoms with E-state index in [0.29, 0.717) is 10.7 Å². The molecule has 1 aromatic carbocycles. The first kappa shape index (κ1) is 12.0. The molecule has 0 bridgehead atoms. The number of rotatable bonds is 2. The Morgan fingerprint density at radius 2 is 2.15 bits per heavy atom. The van der Waals surface area contributed by atoms with Gasteiger partial charge in [-0.3, -0.25) is 0 Å². The Hall–Kier alpha value is -1.77. The normalized spacial score (nSPS) is 11.4. The van der Waals surface area contributed by atoms with Crippen LogP contribution in [0, 0.1) is 0 Å². The van der Waals surface area contributed by atoms with Gasteiger partial charge < -0.3 is 0 Å². The van der Waals surface area contributed by atoms with E-state index < -0.39 is 0 Å². The number of hydrogen-bond donors (Lipinski definition) is 0. The van der Waals surface area contributed by atoms with Crippen LogP contribution in [0.1, 0.15) is 0 Å². The largest absolute Gasteiger partial charge is 0.229 e. The fourth-order valence-electron chi connectivity index (χ4n) is 1.70. The van der Waals surface area contributed by atoms with Crippen LogP contribution in [0.5, 0.6) is 0 Å². The molecule has 9 heteroatoms. The van der Waals surface area contributed by atoms with Gasteiger partial charge in [0.2, 0.25) is 0 Å². The molecule has 0 aliphatic rings. The number of benzene rings is 1. The second-order valence-electron chi connectivity index (χ2n) is 3.89. The van der Waals surface area contributed by atoms with Gasteiger partial charge in [-0.15, -0.1) is 26.2 Å². The Bertz CT molecular complexity index is 917. The van der Waals surface area contributed by atoms with Crippen molar-refractivity contribution in [2.45, 2.75) is 9.37 Å². The molecule has 3 heterocycles. The van der Waals surface area contributed by atoms with Crippen LogP contribution in [0.4, 0.5) is 0 Å². The Balaban J connectivity index is 1.72. The summed E-state index contributed by atoms with van der Waals surface area (Å²) in [7, 11) is 0. The minimum absolute atomic E-state index is 0.616. The molecule has 0 fully saturated rings. The second kappa shape index (κ2) is 4.65. The molecule has 3 aromatic heterocycles. The lowest BCUT2D eigenvalue weighted by atomic mass is 10.3. The van der Waals surface area contributed by atoms with E-state index >= 15 is 0 Å². The van der Waals surface area contributed by atoms with Crippen LogP contribution < -0.4 is 0 Å². The van der Waals surface area contributed by atoms with Crippen LogP contribution in [0.2, 0.25) is 5.02 Å². The van der Waals surface area contributed by atoms with Gasteiger partial charge in [-0.25, -0.2) is 4.98 Å². The van der Waals surface area contributed by atoms with Crippen molar-refractivity contribution in [1.82, 2.24) is 30.2 Å². The summed E-state index contributed by atoms with van der Waals surface area (Å²) in [5.74, 6) is 0. The Morgan fingerprint density at radius 3 is 3.10 bits per heavy atom. The van der Waals surface area contributed by atoms with Gasteiger partial charge in [-0.05, 0) is 52.5 Å². The zero-order valence-corrected chi connectivity index (χ0v) is 12.2. The van der Waals surface area contributed by atoms with Gasteiger partial charge in [0.1, 0.15) is 5.03 Å². The van der Waals surface area contributed by atoms with Gasteiger partial charge in [-0.1, -0.05) is 11.6 Å². The van der Waals surface area contributed by atoms with Crippen LogP contribution in [0.3, 0.4) is 0 Å². The molecule has 0 saturated heterocycles. The summed E-state index contributed by atoms with van der Waals surface area (Å²) in [6.45, 7) is 0. The van der Waals surface area contributed by atoms with Gasteiger partial charge in [0, 0.05) is 5.02 Å². The molecular weight excluding hydrogens is 316 g/mol. The Kier molecular flexibility index (Phi) is 2.79. The maximum atomic E-state index is 5.96. The van der Waals surface area contributed by atoms with E-state index in [1.54, 1.807) is 11.3 Å². The van der Waals surface area contributed by atoms with Crippen molar-refractivity contribution < 1.29 is 0 Å². The standard InChI is InChI=1S/C11H5ClN6S2/c12-6-1-2-8-7(5-6)13-11(19-8)20-10-4-3-9-14-16-17-18(9)15-10/h1-5H. The molecule has 0 aliphatic heterocycles. The first-order valence-corrected chi connectivity index (χ1v) is 7.58. The number of nitrogens with zero attached hydrogens (tertiary/aromatic N) is 6. The summed E-state index contributed by atoms with van der Waals surface area (Å²) in [4.78, 5) is 4.53. The lowest BCUT2D eigenvalue weighted by Gasteiger charge is -1.95. The summed E-state index contributed by atoms with van der Waals surface area (Å²) in [5.41, 5.74) is 1.51. The number of fused-ring (bicyclic) bond motifs is 2. The Labute approximate surface area is 125 Å². The SMILES string of the molecule is Clc1ccc2sc(Sc3ccc4nnnn4n3)nc2c1. The minimum atomic E-state index is 0.616. The summed E-state index contributed by atoms with van der Waals surface area (Å²) in [6, 6.07) is 9.38. The molecule has 0 spiro atoms. The summed E-state index contributed by atoms with van der Waals surface area (Å²) < 4.78 is 3.40. The topological polar surface area (TPSA) is 68.9 Å². The predicted octanol–water partition coefficient (Wildman–Crippen LogP) is 2.93. The fourth-order valence-corrected chi connectivity index (χ4v) is 3.81. The molecule has 0 N–H and O–H groups in total. The van der Waals surface area contributed by atoms with Gasteiger partial charge in [-0.2, -0.15) is 0 Å². The highest BCUT2D eigenvalue weighted by molar-refractivity contribution is 8.01. The van der Waals surface area contributed by atoms with Crippen LogP contribution in [0.25, 0.3) is 15.9 Å². The highest BCUT2D eigenvalue weighted by Crippen LogP contribution is 2.34. The monoisotopic (exact) mass is 320 g/mol. The van der Waals surface area contributed by atoms with E-state index in [1.807, 2.05) is 30.3 Å². The summed E-state index contributed by atoms with van der Waals surface area (Å²) in [5, 5.41) is 16.9. The molecule has 0 saturated carbocycles. The Morgan fingerprint density at radius 1 is 1.20 bits per heavy atom. The third kappa shape index (κ3) is 2.11. The van der Waals surface area contributed by atoms with Crippen molar-refractivity contribution in [2.75, 3.05) is 0 Å².